The minimum absolute atomic E-state index is 0.0704. The van der Waals surface area contributed by atoms with Gasteiger partial charge < -0.3 is 4.74 Å². The van der Waals surface area contributed by atoms with E-state index < -0.39 is 40.0 Å². The fraction of sp³-hybridized carbons (Fsp3) is 0.174. The van der Waals surface area contributed by atoms with Gasteiger partial charge in [-0.1, -0.05) is 18.2 Å². The summed E-state index contributed by atoms with van der Waals surface area (Å²) < 4.78 is 97.7. The number of carbonyl (C=O) groups is 1. The highest BCUT2D eigenvalue weighted by Gasteiger charge is 2.30. The van der Waals surface area contributed by atoms with Crippen LogP contribution in [0.25, 0.3) is 16.9 Å². The first-order valence-corrected chi connectivity index (χ1v) is 12.1. The minimum Gasteiger partial charge on any atom is -0.404 e. The molecule has 1 N–H and O–H groups in total. The molecule has 0 spiro atoms. The summed E-state index contributed by atoms with van der Waals surface area (Å²) in [5.74, 6) is -0.324. The van der Waals surface area contributed by atoms with Crippen LogP contribution in [0.5, 0.6) is 5.75 Å². The Bertz CT molecular complexity index is 1600. The largest absolute Gasteiger partial charge is 0.417 e. The van der Waals surface area contributed by atoms with Crippen LogP contribution in [0.4, 0.5) is 32.4 Å². The summed E-state index contributed by atoms with van der Waals surface area (Å²) in [5, 5.41) is 6.12. The SMILES string of the molecule is CN(C)S(=O)(=O)c1cccc(NC(=O)Oc2cnn3c(C(F)F)cc(-c4ccc(C(F)(F)F)cc4)nc23)c1. The second-order valence-corrected chi connectivity index (χ2v) is 10.2. The molecule has 0 aliphatic heterocycles. The van der Waals surface area contributed by atoms with E-state index in [4.69, 9.17) is 4.74 Å². The molecule has 0 fully saturated rings. The van der Waals surface area contributed by atoms with Crippen molar-refractivity contribution in [2.75, 3.05) is 19.4 Å². The van der Waals surface area contributed by atoms with Crippen LogP contribution in [0, 0.1) is 0 Å². The number of fused-ring (bicyclic) bond motifs is 1. The van der Waals surface area contributed by atoms with Crippen molar-refractivity contribution in [3.8, 4) is 17.0 Å². The maximum atomic E-state index is 13.8. The number of rotatable bonds is 6. The van der Waals surface area contributed by atoms with E-state index in [-0.39, 0.29) is 33.2 Å². The Kier molecular flexibility index (Phi) is 7.08. The van der Waals surface area contributed by atoms with Crippen molar-refractivity contribution in [3.05, 3.63) is 72.1 Å². The molecule has 1 amide bonds. The lowest BCUT2D eigenvalue weighted by atomic mass is 10.1. The van der Waals surface area contributed by atoms with Crippen LogP contribution in [-0.2, 0) is 16.2 Å². The molecule has 0 atom stereocenters. The van der Waals surface area contributed by atoms with Gasteiger partial charge in [-0.2, -0.15) is 18.3 Å². The molecular formula is C23H18F5N5O4S. The van der Waals surface area contributed by atoms with Gasteiger partial charge in [0.25, 0.3) is 6.43 Å². The van der Waals surface area contributed by atoms with Crippen LogP contribution >= 0.6 is 0 Å². The first-order valence-electron chi connectivity index (χ1n) is 10.6. The van der Waals surface area contributed by atoms with Gasteiger partial charge in [-0.05, 0) is 36.4 Å². The van der Waals surface area contributed by atoms with Crippen molar-refractivity contribution in [3.63, 3.8) is 0 Å². The van der Waals surface area contributed by atoms with Crippen molar-refractivity contribution >= 4 is 27.5 Å². The van der Waals surface area contributed by atoms with E-state index in [1.54, 1.807) is 0 Å². The zero-order chi connectivity index (χ0) is 27.8. The molecule has 0 saturated heterocycles. The number of carbonyl (C=O) groups excluding carboxylic acids is 1. The van der Waals surface area contributed by atoms with Gasteiger partial charge in [0.2, 0.25) is 10.0 Å². The third-order valence-electron chi connectivity index (χ3n) is 5.26. The summed E-state index contributed by atoms with van der Waals surface area (Å²) in [6, 6.07) is 10.0. The molecule has 4 aromatic rings. The predicted octanol–water partition coefficient (Wildman–Crippen LogP) is 5.21. The summed E-state index contributed by atoms with van der Waals surface area (Å²) >= 11 is 0. The summed E-state index contributed by atoms with van der Waals surface area (Å²) in [6.45, 7) is 0. The van der Waals surface area contributed by atoms with Crippen molar-refractivity contribution in [1.29, 1.82) is 0 Å². The fourth-order valence-corrected chi connectivity index (χ4v) is 4.31. The van der Waals surface area contributed by atoms with Gasteiger partial charge in [0.05, 0.1) is 22.3 Å². The number of nitrogens with zero attached hydrogens (tertiary/aromatic N) is 4. The lowest BCUT2D eigenvalue weighted by Crippen LogP contribution is -2.22. The highest BCUT2D eigenvalue weighted by molar-refractivity contribution is 7.89. The number of benzene rings is 2. The quantitative estimate of drug-likeness (QED) is 0.328. The number of alkyl halides is 5. The van der Waals surface area contributed by atoms with Gasteiger partial charge in [0.1, 0.15) is 5.69 Å². The summed E-state index contributed by atoms with van der Waals surface area (Å²) in [7, 11) is -1.10. The van der Waals surface area contributed by atoms with Crippen molar-refractivity contribution in [1.82, 2.24) is 18.9 Å². The summed E-state index contributed by atoms with van der Waals surface area (Å²) in [5.41, 5.74) is -1.78. The molecule has 0 saturated carbocycles. The Labute approximate surface area is 212 Å². The monoisotopic (exact) mass is 555 g/mol. The second-order valence-electron chi connectivity index (χ2n) is 8.02. The Morgan fingerprint density at radius 1 is 1.08 bits per heavy atom. The summed E-state index contributed by atoms with van der Waals surface area (Å²) in [6.07, 6.45) is -7.76. The third kappa shape index (κ3) is 5.43. The number of sulfonamides is 1. The van der Waals surface area contributed by atoms with Crippen LogP contribution in [0.2, 0.25) is 0 Å². The minimum atomic E-state index is -4.58. The van der Waals surface area contributed by atoms with E-state index in [9.17, 15) is 35.2 Å². The number of anilines is 1. The van der Waals surface area contributed by atoms with Gasteiger partial charge in [-0.25, -0.2) is 35.8 Å². The van der Waals surface area contributed by atoms with Gasteiger partial charge in [-0.3, -0.25) is 5.32 Å². The zero-order valence-electron chi connectivity index (χ0n) is 19.6. The maximum Gasteiger partial charge on any atom is 0.417 e. The molecule has 0 aliphatic carbocycles. The molecular weight excluding hydrogens is 537 g/mol. The van der Waals surface area contributed by atoms with E-state index in [0.29, 0.717) is 0 Å². The van der Waals surface area contributed by atoms with Gasteiger partial charge in [0.15, 0.2) is 11.4 Å². The Morgan fingerprint density at radius 3 is 2.37 bits per heavy atom. The average molecular weight is 555 g/mol. The number of nitrogens with one attached hydrogen (secondary N) is 1. The molecule has 4 rings (SSSR count). The Balaban J connectivity index is 1.65. The molecule has 0 radical (unpaired) electrons. The zero-order valence-corrected chi connectivity index (χ0v) is 20.4. The fourth-order valence-electron chi connectivity index (χ4n) is 3.36. The highest BCUT2D eigenvalue weighted by atomic mass is 32.2. The lowest BCUT2D eigenvalue weighted by molar-refractivity contribution is -0.137. The van der Waals surface area contributed by atoms with Crippen LogP contribution in [0.3, 0.4) is 0 Å². The van der Waals surface area contributed by atoms with Gasteiger partial charge in [-0.15, -0.1) is 0 Å². The topological polar surface area (TPSA) is 106 Å². The number of halogens is 5. The molecule has 9 nitrogen and oxygen atoms in total. The number of hydrogen-bond donors (Lipinski definition) is 1. The van der Waals surface area contributed by atoms with Crippen LogP contribution in [0.1, 0.15) is 17.7 Å². The third-order valence-corrected chi connectivity index (χ3v) is 7.07. The van der Waals surface area contributed by atoms with Crippen molar-refractivity contribution in [2.24, 2.45) is 0 Å². The van der Waals surface area contributed by atoms with E-state index >= 15 is 0 Å². The van der Waals surface area contributed by atoms with Crippen molar-refractivity contribution in [2.45, 2.75) is 17.5 Å². The van der Waals surface area contributed by atoms with E-state index in [2.05, 4.69) is 15.4 Å². The smallest absolute Gasteiger partial charge is 0.404 e. The Hall–Kier alpha value is -4.11. The van der Waals surface area contributed by atoms with E-state index in [0.717, 1.165) is 45.3 Å². The summed E-state index contributed by atoms with van der Waals surface area (Å²) in [4.78, 5) is 16.6. The Morgan fingerprint density at radius 2 is 1.76 bits per heavy atom. The molecule has 200 valence electrons. The first-order chi connectivity index (χ1) is 17.8. The first kappa shape index (κ1) is 26.9. The molecule has 38 heavy (non-hydrogen) atoms. The normalized spacial score (nSPS) is 12.3. The molecule has 0 bridgehead atoms. The van der Waals surface area contributed by atoms with Crippen LogP contribution in [-0.4, -0.2) is 47.5 Å². The molecule has 2 aromatic carbocycles. The number of ether oxygens (including phenoxy) is 1. The second kappa shape index (κ2) is 9.98. The molecule has 2 aromatic heterocycles. The highest BCUT2D eigenvalue weighted by Crippen LogP contribution is 2.33. The van der Waals surface area contributed by atoms with Gasteiger partial charge in [0, 0.05) is 25.3 Å². The lowest BCUT2D eigenvalue weighted by Gasteiger charge is -2.12. The van der Waals surface area contributed by atoms with E-state index in [1.165, 1.54) is 38.4 Å². The molecule has 0 aliphatic rings. The molecule has 15 heteroatoms. The number of hydrogen-bond acceptors (Lipinski definition) is 6. The van der Waals surface area contributed by atoms with Crippen molar-refractivity contribution < 1.29 is 39.9 Å². The number of amides is 1. The van der Waals surface area contributed by atoms with Crippen LogP contribution in [0.15, 0.2) is 65.7 Å². The van der Waals surface area contributed by atoms with E-state index in [1.807, 2.05) is 0 Å². The predicted molar refractivity (Wildman–Crippen MR) is 125 cm³/mol. The molecule has 2 heterocycles. The standard InChI is InChI=1S/C23H18F5N5O4S/c1-32(2)38(35,36)16-5-3-4-15(10-16)30-22(34)37-19-12-29-33-18(20(24)25)11-17(31-21(19)33)13-6-8-14(9-7-13)23(26,27)28/h3-12,20H,1-2H3,(H,30,34). The molecule has 0 unspecified atom stereocenters. The maximum absolute atomic E-state index is 13.8. The van der Waals surface area contributed by atoms with Gasteiger partial charge >= 0.3 is 12.3 Å². The van der Waals surface area contributed by atoms with Crippen LogP contribution < -0.4 is 10.1 Å². The average Bonchev–Trinajstić information content (AvgIpc) is 3.25. The number of aromatic nitrogens is 3.